The van der Waals surface area contributed by atoms with Crippen LogP contribution in [0, 0.1) is 48.5 Å². The SMILES string of the molecule is CC(=O)N1CCN(c2ccc(OCc3nn(C)c(C)c3-c3cccc4c(CCCOc5cc(C)c(Cl)c(C)c5)c(C(=O)NS(=O)(=O)c5ccccc5)n(Cc5cccnc5)c34)cc2)CC1.Cc1cc(OCCCc2c(C(=O)NS(=O)(=O)c3ccccc3)[nH]c3c(-c4cnn(C)c4)ccc(Cl)c23)cc(C)c1Cl.Cc1cc(OCCCc2c(C(=O)NS(=O)(=O)c3ccccc3)[nH]c3c(-c4cnn(C)c4)cccc23)cc(C)c1Cl. The Bertz CT molecular complexity index is 8040. The van der Waals surface area contributed by atoms with Crippen molar-refractivity contribution in [2.75, 3.05) is 50.9 Å². The molecule has 0 bridgehead atoms. The lowest BCUT2D eigenvalue weighted by Gasteiger charge is -2.35. The lowest BCUT2D eigenvalue weighted by Crippen LogP contribution is -2.48. The predicted molar refractivity (Wildman–Crippen MR) is 571 cm³/mol. The van der Waals surface area contributed by atoms with Gasteiger partial charge in [0.1, 0.15) is 52.4 Å². The van der Waals surface area contributed by atoms with Gasteiger partial charge in [0, 0.05) is 162 Å². The highest BCUT2D eigenvalue weighted by molar-refractivity contribution is 7.90. The van der Waals surface area contributed by atoms with Gasteiger partial charge < -0.3 is 43.3 Å². The first kappa shape index (κ1) is 104. The van der Waals surface area contributed by atoms with Gasteiger partial charge in [-0.3, -0.25) is 38.2 Å². The molecular weight excluding hydrogens is 1990 g/mol. The molecule has 0 atom stereocenters. The fourth-order valence-corrected chi connectivity index (χ4v) is 21.7. The maximum atomic E-state index is 14.8. The number of sulfonamides is 3. The van der Waals surface area contributed by atoms with E-state index < -0.39 is 47.8 Å². The largest absolute Gasteiger partial charge is 0.494 e. The van der Waals surface area contributed by atoms with Crippen molar-refractivity contribution < 1.29 is 63.4 Å². The molecule has 17 aromatic rings. The summed E-state index contributed by atoms with van der Waals surface area (Å²) >= 11 is 25.7. The number of nitrogens with one attached hydrogen (secondary N) is 5. The molecule has 0 unspecified atom stereocenters. The van der Waals surface area contributed by atoms with Crippen LogP contribution in [0.2, 0.25) is 20.1 Å². The van der Waals surface area contributed by atoms with Gasteiger partial charge in [0.15, 0.2) is 0 Å². The first-order valence-electron chi connectivity index (χ1n) is 47.3. The number of H-pyrrole nitrogens is 2. The lowest BCUT2D eigenvalue weighted by molar-refractivity contribution is -0.129. The number of benzene rings is 10. The first-order chi connectivity index (χ1) is 70.0. The third-order valence-electron chi connectivity index (χ3n) is 25.5. The van der Waals surface area contributed by atoms with Crippen LogP contribution in [0.15, 0.2) is 264 Å². The van der Waals surface area contributed by atoms with Crippen LogP contribution in [0.25, 0.3) is 66.1 Å². The molecule has 1 aliphatic heterocycles. The highest BCUT2D eigenvalue weighted by atomic mass is 35.5. The van der Waals surface area contributed by atoms with E-state index in [2.05, 4.69) is 44.2 Å². The van der Waals surface area contributed by atoms with Gasteiger partial charge in [-0.15, -0.1) is 0 Å². The molecule has 8 heterocycles. The summed E-state index contributed by atoms with van der Waals surface area (Å²) in [5.41, 5.74) is 18.6. The Labute approximate surface area is 867 Å². The number of anilines is 1. The molecule has 0 radical (unpaired) electrons. The molecule has 0 spiro atoms. The highest BCUT2D eigenvalue weighted by Crippen LogP contribution is 2.43. The van der Waals surface area contributed by atoms with E-state index in [1.807, 2.05) is 211 Å². The Morgan fingerprint density at radius 3 is 1.36 bits per heavy atom. The topological polar surface area (TPSA) is 353 Å². The number of piperazine rings is 1. The second-order valence-corrected chi connectivity index (χ2v) is 42.4. The number of hydrogen-bond acceptors (Lipinski definition) is 19. The summed E-state index contributed by atoms with van der Waals surface area (Å²) in [6.45, 7) is 19.5. The van der Waals surface area contributed by atoms with Crippen LogP contribution in [0.1, 0.15) is 125 Å². The second kappa shape index (κ2) is 45.4. The summed E-state index contributed by atoms with van der Waals surface area (Å²) in [5, 5.41) is 18.3. The van der Waals surface area contributed by atoms with Crippen LogP contribution in [-0.4, -0.2) is 149 Å². The Balaban J connectivity index is 0.000000164. The molecule has 10 aromatic carbocycles. The molecule has 7 aromatic heterocycles. The third-order valence-corrected chi connectivity index (χ3v) is 31.6. The minimum atomic E-state index is -4.25. The molecule has 754 valence electrons. The van der Waals surface area contributed by atoms with Crippen LogP contribution in [0.3, 0.4) is 0 Å². The Hall–Kier alpha value is -14.5. The zero-order valence-electron chi connectivity index (χ0n) is 82.2. The van der Waals surface area contributed by atoms with E-state index >= 15 is 0 Å². The molecule has 4 amide bonds. The van der Waals surface area contributed by atoms with Crippen molar-refractivity contribution >= 4 is 138 Å². The second-order valence-electron chi connectivity index (χ2n) is 35.8. The maximum Gasteiger partial charge on any atom is 0.281 e. The number of para-hydroxylation sites is 2. The van der Waals surface area contributed by atoms with Crippen molar-refractivity contribution in [2.24, 2.45) is 21.1 Å². The van der Waals surface area contributed by atoms with Gasteiger partial charge in [-0.1, -0.05) is 150 Å². The monoisotopic (exact) mass is 2100 g/mol. The fourth-order valence-electron chi connectivity index (χ4n) is 18.2. The predicted octanol–water partition coefficient (Wildman–Crippen LogP) is 21.0. The summed E-state index contributed by atoms with van der Waals surface area (Å²) in [6, 6.07) is 61.9. The number of hydrogen-bond donors (Lipinski definition) is 5. The van der Waals surface area contributed by atoms with Crippen LogP contribution in [0.4, 0.5) is 5.69 Å². The molecule has 146 heavy (non-hydrogen) atoms. The van der Waals surface area contributed by atoms with Gasteiger partial charge in [0.05, 0.1) is 68.5 Å². The summed E-state index contributed by atoms with van der Waals surface area (Å²) in [7, 11) is -6.88. The molecule has 0 saturated carbocycles. The van der Waals surface area contributed by atoms with E-state index in [4.69, 9.17) is 70.4 Å². The van der Waals surface area contributed by atoms with Crippen LogP contribution >= 0.6 is 46.4 Å². The summed E-state index contributed by atoms with van der Waals surface area (Å²) in [6.07, 6.45) is 13.6. The number of aromatic amines is 2. The van der Waals surface area contributed by atoms with Crippen molar-refractivity contribution in [3.05, 3.63) is 354 Å². The number of aryl methyl sites for hydroxylation is 12. The summed E-state index contributed by atoms with van der Waals surface area (Å²) in [5.74, 6) is 0.634. The van der Waals surface area contributed by atoms with Crippen LogP contribution in [0.5, 0.6) is 23.0 Å². The molecule has 36 heteroatoms. The standard InChI is InChI=1S/C50H52ClN7O6S.C30H28Cl2N4O4S.C30H29ClN4O4S/c1-33-28-40(29-34(2)47(33)51)63-27-11-17-43-42-15-9-16-44(48(42)58(31-37-12-10-22-52-30-37)49(43)50(60)54-65(61,62)41-13-7-6-8-14-41)46-35(3)55(5)53-45(46)32-64-39-20-18-38(19-21-39)57-25-23-56(24-26-57)36(4)59;1-18-14-21(15-19(2)27(18)32)40-13-7-10-24-26-25(31)12-11-23(20-16-33-36(3)17-20)28(26)34-29(24)30(37)35-41(38,39)22-8-5-4-6-9-22;1-19-15-22(16-20(2)27(19)31)39-14-8-13-26-25-12-7-11-24(21-17-32-35(3)18-21)28(25)33-29(26)30(36)34-40(37,38)23-9-5-4-6-10-23/h6-10,12-16,18-22,28-30H,11,17,23-27,31-32H2,1-5H3,(H,54,60);4-6,8-9,11-12,14-17,34H,7,10,13H2,1-3H3,(H,35,37);4-7,9-12,15-18,33H,8,13-14H2,1-3H3,(H,34,36). The van der Waals surface area contributed by atoms with Gasteiger partial charge in [-0.2, -0.15) is 15.3 Å². The fraction of sp³-hybridized carbons (Fsp3) is 0.236. The molecule has 29 nitrogen and oxygen atoms in total. The number of amides is 4. The van der Waals surface area contributed by atoms with Crippen molar-refractivity contribution in [2.45, 2.75) is 122 Å². The zero-order chi connectivity index (χ0) is 104. The number of fused-ring (bicyclic) bond motifs is 3. The number of halogens is 4. The molecule has 1 saturated heterocycles. The molecule has 1 aliphatic rings. The van der Waals surface area contributed by atoms with E-state index in [-0.39, 0.29) is 50.8 Å². The van der Waals surface area contributed by atoms with Crippen LogP contribution in [-0.2, 0) is 88.4 Å². The van der Waals surface area contributed by atoms with E-state index in [1.54, 1.807) is 102 Å². The summed E-state index contributed by atoms with van der Waals surface area (Å²) in [4.78, 5) is 68.5. The number of rotatable bonds is 33. The average Bonchev–Trinajstić information content (AvgIpc) is 1.57. The van der Waals surface area contributed by atoms with Gasteiger partial charge in [-0.25, -0.2) is 39.4 Å². The van der Waals surface area contributed by atoms with Crippen LogP contribution < -0.4 is 38.0 Å². The van der Waals surface area contributed by atoms with Gasteiger partial charge in [-0.05, 0) is 252 Å². The molecule has 1 fully saturated rings. The molecular formula is C110H109Cl4N15O14S3. The van der Waals surface area contributed by atoms with Gasteiger partial charge in [0.25, 0.3) is 47.8 Å². The Kier molecular flexibility index (Phi) is 32.5. The molecule has 5 N–H and O–H groups in total. The maximum absolute atomic E-state index is 14.8. The van der Waals surface area contributed by atoms with E-state index in [0.717, 1.165) is 129 Å². The quantitative estimate of drug-likeness (QED) is 0.0239. The minimum absolute atomic E-state index is 0.0120. The average molecular weight is 2100 g/mol. The Morgan fingerprint density at radius 1 is 0.445 bits per heavy atom. The molecule has 18 rings (SSSR count). The normalized spacial score (nSPS) is 12.2. The number of carbonyl (C=O) groups excluding carboxylic acids is 4. The van der Waals surface area contributed by atoms with Crippen molar-refractivity contribution in [3.8, 4) is 56.4 Å². The van der Waals surface area contributed by atoms with Crippen molar-refractivity contribution in [1.82, 2.24) is 67.9 Å². The number of nitrogens with zero attached hydrogens (tertiary/aromatic N) is 10. The van der Waals surface area contributed by atoms with Gasteiger partial charge >= 0.3 is 0 Å². The Morgan fingerprint density at radius 2 is 0.890 bits per heavy atom. The molecule has 0 aliphatic carbocycles. The summed E-state index contributed by atoms with van der Waals surface area (Å²) < 4.78 is 118. The number of carbonyl (C=O) groups is 4. The number of ether oxygens (including phenoxy) is 4. The van der Waals surface area contributed by atoms with E-state index in [9.17, 15) is 44.4 Å². The van der Waals surface area contributed by atoms with E-state index in [1.165, 1.54) is 36.4 Å². The minimum Gasteiger partial charge on any atom is -0.494 e. The van der Waals surface area contributed by atoms with E-state index in [0.29, 0.717) is 137 Å². The number of aromatic nitrogens is 10. The smallest absolute Gasteiger partial charge is 0.281 e. The zero-order valence-corrected chi connectivity index (χ0v) is 87.7. The van der Waals surface area contributed by atoms with Crippen molar-refractivity contribution in [3.63, 3.8) is 0 Å². The highest BCUT2D eigenvalue weighted by Gasteiger charge is 2.33. The lowest BCUT2D eigenvalue weighted by atomic mass is 9.98. The first-order valence-corrected chi connectivity index (χ1v) is 53.2. The van der Waals surface area contributed by atoms with Crippen molar-refractivity contribution in [1.29, 1.82) is 0 Å². The van der Waals surface area contributed by atoms with Gasteiger partial charge in [0.2, 0.25) is 5.91 Å². The number of pyridine rings is 1. The third kappa shape index (κ3) is 23.8.